The first kappa shape index (κ1) is 16.2. The molecule has 20 heavy (non-hydrogen) atoms. The molecule has 0 fully saturated rings. The summed E-state index contributed by atoms with van der Waals surface area (Å²) in [6.45, 7) is 4.42. The van der Waals surface area contributed by atoms with Crippen LogP contribution in [0.3, 0.4) is 0 Å². The lowest BCUT2D eigenvalue weighted by molar-refractivity contribution is -0.178. The van der Waals surface area contributed by atoms with Crippen LogP contribution in [-0.2, 0) is 19.1 Å². The Morgan fingerprint density at radius 2 is 1.85 bits per heavy atom. The fourth-order valence-corrected chi connectivity index (χ4v) is 1.82. The van der Waals surface area contributed by atoms with Crippen molar-refractivity contribution in [3.63, 3.8) is 0 Å². The maximum Gasteiger partial charge on any atom is 0.305 e. The van der Waals surface area contributed by atoms with Crippen molar-refractivity contribution in [1.82, 2.24) is 0 Å². The Kier molecular flexibility index (Phi) is 6.25. The number of carbonyl (C=O) groups excluding carboxylic acids is 2. The predicted molar refractivity (Wildman–Crippen MR) is 77.0 cm³/mol. The van der Waals surface area contributed by atoms with E-state index in [0.717, 1.165) is 5.56 Å². The zero-order valence-corrected chi connectivity index (χ0v) is 12.4. The number of hydrogen-bond acceptors (Lipinski definition) is 4. The predicted octanol–water partition coefficient (Wildman–Crippen LogP) is 3.59. The van der Waals surface area contributed by atoms with Crippen LogP contribution in [0.1, 0.15) is 32.8 Å². The molecule has 1 aromatic rings. The van der Waals surface area contributed by atoms with E-state index in [4.69, 9.17) is 21.1 Å². The molecular formula is C15H17ClO4. The number of ether oxygens (including phenoxy) is 2. The van der Waals surface area contributed by atoms with Crippen LogP contribution in [0.25, 0.3) is 6.08 Å². The van der Waals surface area contributed by atoms with Crippen molar-refractivity contribution in [3.05, 3.63) is 40.4 Å². The van der Waals surface area contributed by atoms with Crippen molar-refractivity contribution in [3.8, 4) is 0 Å². The molecule has 0 aliphatic rings. The van der Waals surface area contributed by atoms with Gasteiger partial charge in [-0.15, -0.1) is 0 Å². The molecule has 0 aromatic heterocycles. The maximum absolute atomic E-state index is 11.1. The molecule has 1 rings (SSSR count). The second-order valence-electron chi connectivity index (χ2n) is 4.18. The standard InChI is InChI=1S/C15H17ClO4/c1-4-13(8-12-6-5-7-14(16)9-12)15(19-10(2)17)20-11(3)18/h5-9,15H,4H2,1-3H3. The molecule has 0 spiro atoms. The molecule has 0 radical (unpaired) electrons. The van der Waals surface area contributed by atoms with Gasteiger partial charge in [0.25, 0.3) is 6.29 Å². The van der Waals surface area contributed by atoms with Gasteiger partial charge in [0.1, 0.15) is 0 Å². The summed E-state index contributed by atoms with van der Waals surface area (Å²) in [4.78, 5) is 22.2. The van der Waals surface area contributed by atoms with Crippen molar-refractivity contribution in [1.29, 1.82) is 0 Å². The van der Waals surface area contributed by atoms with Crippen LogP contribution in [-0.4, -0.2) is 18.2 Å². The lowest BCUT2D eigenvalue weighted by Crippen LogP contribution is -2.24. The summed E-state index contributed by atoms with van der Waals surface area (Å²) in [6.07, 6.45) is 1.36. The van der Waals surface area contributed by atoms with Gasteiger partial charge in [0.15, 0.2) is 0 Å². The van der Waals surface area contributed by atoms with Crippen LogP contribution < -0.4 is 0 Å². The molecule has 1 aromatic carbocycles. The molecule has 0 amide bonds. The van der Waals surface area contributed by atoms with Crippen LogP contribution in [0.15, 0.2) is 29.8 Å². The quantitative estimate of drug-likeness (QED) is 0.615. The molecule has 4 nitrogen and oxygen atoms in total. The van der Waals surface area contributed by atoms with Crippen LogP contribution in [0.4, 0.5) is 0 Å². The number of benzene rings is 1. The lowest BCUT2D eigenvalue weighted by atomic mass is 10.1. The fraction of sp³-hybridized carbons (Fsp3) is 0.333. The van der Waals surface area contributed by atoms with Crippen LogP contribution >= 0.6 is 11.6 Å². The average molecular weight is 297 g/mol. The number of esters is 2. The van der Waals surface area contributed by atoms with Crippen LogP contribution in [0.5, 0.6) is 0 Å². The summed E-state index contributed by atoms with van der Waals surface area (Å²) in [6, 6.07) is 7.21. The highest BCUT2D eigenvalue weighted by atomic mass is 35.5. The minimum absolute atomic E-state index is 0.512. The zero-order chi connectivity index (χ0) is 15.1. The smallest absolute Gasteiger partial charge is 0.305 e. The van der Waals surface area contributed by atoms with Gasteiger partial charge in [0.05, 0.1) is 0 Å². The molecule has 108 valence electrons. The second-order valence-corrected chi connectivity index (χ2v) is 4.62. The minimum atomic E-state index is -1.01. The third kappa shape index (κ3) is 5.45. The summed E-state index contributed by atoms with van der Waals surface area (Å²) in [5.74, 6) is -1.02. The summed E-state index contributed by atoms with van der Waals surface area (Å²) in [5.41, 5.74) is 1.52. The highest BCUT2D eigenvalue weighted by Gasteiger charge is 2.19. The van der Waals surface area contributed by atoms with E-state index in [1.807, 2.05) is 19.1 Å². The van der Waals surface area contributed by atoms with Gasteiger partial charge in [-0.05, 0) is 30.2 Å². The van der Waals surface area contributed by atoms with Crippen LogP contribution in [0.2, 0.25) is 5.02 Å². The largest absolute Gasteiger partial charge is 0.421 e. The van der Waals surface area contributed by atoms with Crippen LogP contribution in [0, 0.1) is 0 Å². The zero-order valence-electron chi connectivity index (χ0n) is 11.7. The Morgan fingerprint density at radius 1 is 1.25 bits per heavy atom. The van der Waals surface area contributed by atoms with E-state index < -0.39 is 18.2 Å². The number of halogens is 1. The summed E-state index contributed by atoms with van der Waals surface area (Å²) < 4.78 is 10.1. The van der Waals surface area contributed by atoms with E-state index >= 15 is 0 Å². The Balaban J connectivity index is 3.04. The van der Waals surface area contributed by atoms with Gasteiger partial charge in [-0.1, -0.05) is 30.7 Å². The Morgan fingerprint density at radius 3 is 2.30 bits per heavy atom. The second kappa shape index (κ2) is 7.70. The van der Waals surface area contributed by atoms with E-state index in [9.17, 15) is 9.59 Å². The Labute approximate surface area is 123 Å². The molecule has 5 heteroatoms. The molecule has 0 bridgehead atoms. The lowest BCUT2D eigenvalue weighted by Gasteiger charge is -2.19. The normalized spacial score (nSPS) is 11.3. The minimum Gasteiger partial charge on any atom is -0.421 e. The van der Waals surface area contributed by atoms with Crippen molar-refractivity contribution < 1.29 is 19.1 Å². The highest BCUT2D eigenvalue weighted by molar-refractivity contribution is 6.30. The summed E-state index contributed by atoms with van der Waals surface area (Å²) in [7, 11) is 0. The first-order valence-electron chi connectivity index (χ1n) is 6.22. The van der Waals surface area contributed by atoms with Gasteiger partial charge in [0, 0.05) is 24.4 Å². The fourth-order valence-electron chi connectivity index (χ4n) is 1.62. The van der Waals surface area contributed by atoms with Gasteiger partial charge in [-0.2, -0.15) is 0 Å². The molecule has 0 saturated heterocycles. The topological polar surface area (TPSA) is 52.6 Å². The molecular weight excluding hydrogens is 280 g/mol. The molecule has 0 N–H and O–H groups in total. The number of rotatable bonds is 5. The maximum atomic E-state index is 11.1. The summed E-state index contributed by atoms with van der Waals surface area (Å²) in [5, 5.41) is 0.603. The average Bonchev–Trinajstić information content (AvgIpc) is 2.34. The third-order valence-corrected chi connectivity index (χ3v) is 2.69. The molecule has 0 aliphatic carbocycles. The van der Waals surface area contributed by atoms with E-state index in [1.165, 1.54) is 13.8 Å². The molecule has 0 aliphatic heterocycles. The van der Waals surface area contributed by atoms with E-state index in [1.54, 1.807) is 18.2 Å². The molecule has 0 saturated carbocycles. The van der Waals surface area contributed by atoms with Crippen molar-refractivity contribution in [2.24, 2.45) is 0 Å². The van der Waals surface area contributed by atoms with E-state index in [-0.39, 0.29) is 0 Å². The van der Waals surface area contributed by atoms with Gasteiger partial charge in [-0.3, -0.25) is 9.59 Å². The third-order valence-electron chi connectivity index (χ3n) is 2.46. The summed E-state index contributed by atoms with van der Waals surface area (Å²) >= 11 is 5.92. The Hall–Kier alpha value is -1.81. The molecule has 0 heterocycles. The van der Waals surface area contributed by atoms with Gasteiger partial charge in [0.2, 0.25) is 0 Å². The van der Waals surface area contributed by atoms with Crippen molar-refractivity contribution in [2.45, 2.75) is 33.5 Å². The SMILES string of the molecule is CCC(=Cc1cccc(Cl)c1)C(OC(C)=O)OC(C)=O. The van der Waals surface area contributed by atoms with Gasteiger partial charge in [-0.25, -0.2) is 0 Å². The Bertz CT molecular complexity index is 506. The monoisotopic (exact) mass is 296 g/mol. The van der Waals surface area contributed by atoms with Crippen molar-refractivity contribution in [2.75, 3.05) is 0 Å². The first-order valence-corrected chi connectivity index (χ1v) is 6.60. The molecule has 0 unspecified atom stereocenters. The van der Waals surface area contributed by atoms with E-state index in [0.29, 0.717) is 17.0 Å². The van der Waals surface area contributed by atoms with Crippen molar-refractivity contribution >= 4 is 29.6 Å². The highest BCUT2D eigenvalue weighted by Crippen LogP contribution is 2.19. The van der Waals surface area contributed by atoms with Gasteiger partial charge < -0.3 is 9.47 Å². The van der Waals surface area contributed by atoms with E-state index in [2.05, 4.69) is 0 Å². The number of carbonyl (C=O) groups is 2. The number of hydrogen-bond donors (Lipinski definition) is 0. The van der Waals surface area contributed by atoms with Gasteiger partial charge >= 0.3 is 11.9 Å². The molecule has 0 atom stereocenters. The first-order chi connectivity index (χ1) is 9.42.